The molecule has 2 N–H and O–H groups in total. The smallest absolute Gasteiger partial charge is 0.560 e. The van der Waals surface area contributed by atoms with Gasteiger partial charge < -0.3 is 10.2 Å². The van der Waals surface area contributed by atoms with Crippen LogP contribution in [0.25, 0.3) is 16.4 Å². The molecule has 1 aromatic carbocycles. The van der Waals surface area contributed by atoms with E-state index in [9.17, 15) is 13.5 Å². The van der Waals surface area contributed by atoms with Crippen molar-refractivity contribution in [2.45, 2.75) is 24.2 Å². The average Bonchev–Trinajstić information content (AvgIpc) is 2.46. The summed E-state index contributed by atoms with van der Waals surface area (Å²) in [5, 5.41) is 16.9. The Labute approximate surface area is 166 Å². The molecular weight excluding hydrogens is 393 g/mol. The Balaban J connectivity index is 0.00000264. The largest absolute Gasteiger partial charge is 1.00 e. The van der Waals surface area contributed by atoms with Crippen LogP contribution in [-0.2, 0) is 15.4 Å². The van der Waals surface area contributed by atoms with Crippen LogP contribution in [0.4, 0.5) is 0 Å². The molecule has 0 spiro atoms. The quantitative estimate of drug-likeness (QED) is 0.713. The Morgan fingerprint density at radius 1 is 1.35 bits per heavy atom. The van der Waals surface area contributed by atoms with Gasteiger partial charge in [-0.25, -0.2) is 18.4 Å². The Morgan fingerprint density at radius 2 is 2.00 bits per heavy atom. The summed E-state index contributed by atoms with van der Waals surface area (Å²) in [5.74, 6) is 0. The summed E-state index contributed by atoms with van der Waals surface area (Å²) >= 11 is 3.30. The summed E-state index contributed by atoms with van der Waals surface area (Å²) in [6.07, 6.45) is 2.82. The number of benzene rings is 1. The van der Waals surface area contributed by atoms with E-state index < -0.39 is 15.4 Å². The van der Waals surface area contributed by atoms with Gasteiger partial charge in [-0.05, 0) is 33.6 Å². The second kappa shape index (κ2) is 7.69. The van der Waals surface area contributed by atoms with Crippen molar-refractivity contribution in [2.75, 3.05) is 6.61 Å². The fourth-order valence-electron chi connectivity index (χ4n) is 1.97. The van der Waals surface area contributed by atoms with Crippen LogP contribution < -0.4 is 29.6 Å². The third-order valence-corrected chi connectivity index (χ3v) is 4.88. The first-order valence-corrected chi connectivity index (χ1v) is 8.65. The van der Waals surface area contributed by atoms with Gasteiger partial charge in [0.15, 0.2) is 0 Å². The monoisotopic (exact) mass is 407 g/mol. The van der Waals surface area contributed by atoms with Gasteiger partial charge in [0.05, 0.1) is 31.7 Å². The van der Waals surface area contributed by atoms with Crippen LogP contribution in [0, 0.1) is 0 Å². The van der Waals surface area contributed by atoms with Crippen LogP contribution in [-0.4, -0.2) is 30.1 Å². The molecule has 6 nitrogen and oxygen atoms in total. The molecule has 0 radical (unpaired) electrons. The first-order chi connectivity index (χ1) is 10.2. The predicted octanol–water partition coefficient (Wildman–Crippen LogP) is -0.0791. The molecule has 1 aromatic heterocycles. The second-order valence-corrected chi connectivity index (χ2v) is 7.78. The number of hydrogen-bond acceptors (Lipinski definition) is 5. The van der Waals surface area contributed by atoms with Crippen LogP contribution in [0.15, 0.2) is 40.1 Å². The number of rotatable bonds is 4. The Kier molecular flexibility index (Phi) is 6.92. The zero-order chi connectivity index (χ0) is 16.5. The molecule has 23 heavy (non-hydrogen) atoms. The number of hydrogen-bond donors (Lipinski definition) is 1. The van der Waals surface area contributed by atoms with Crippen molar-refractivity contribution >= 4 is 26.0 Å². The van der Waals surface area contributed by atoms with Crippen LogP contribution >= 0.6 is 15.9 Å². The normalized spacial score (nSPS) is 11.9. The van der Waals surface area contributed by atoms with Gasteiger partial charge in [0.1, 0.15) is 6.33 Å². The van der Waals surface area contributed by atoms with Gasteiger partial charge in [-0.1, -0.05) is 19.9 Å². The molecule has 0 atom stereocenters. The van der Waals surface area contributed by atoms with E-state index in [2.05, 4.69) is 25.9 Å². The third kappa shape index (κ3) is 4.60. The standard InChI is InChI=1S/C14H15BrN3O3S.Na/c1-14(2,7-19)9-3-4-12(22(16,20)21)10(5-9)13-11(15)6-17-8-18-13;/h3-6,8,19H,7H2,1-2H3,(H-,16,20,21);/q-1;+1. The van der Waals surface area contributed by atoms with Gasteiger partial charge >= 0.3 is 29.6 Å². The first-order valence-electron chi connectivity index (χ1n) is 6.38. The van der Waals surface area contributed by atoms with Gasteiger partial charge in [0.25, 0.3) is 0 Å². The molecule has 0 aliphatic rings. The maximum atomic E-state index is 11.7. The number of aromatic nitrogens is 2. The Hall–Kier alpha value is -0.350. The van der Waals surface area contributed by atoms with E-state index in [1.165, 1.54) is 18.6 Å². The minimum Gasteiger partial charge on any atom is -0.560 e. The summed E-state index contributed by atoms with van der Waals surface area (Å²) in [4.78, 5) is 7.82. The topological polar surface area (TPSA) is 104 Å². The van der Waals surface area contributed by atoms with E-state index in [-0.39, 0.29) is 41.1 Å². The molecule has 0 aliphatic heterocycles. The average molecular weight is 408 g/mol. The van der Waals surface area contributed by atoms with E-state index in [1.807, 2.05) is 13.8 Å². The van der Waals surface area contributed by atoms with Gasteiger partial charge in [-0.3, -0.25) is 0 Å². The first kappa shape index (κ1) is 20.7. The second-order valence-electron chi connectivity index (χ2n) is 5.48. The van der Waals surface area contributed by atoms with Crippen LogP contribution in [0.2, 0.25) is 0 Å². The van der Waals surface area contributed by atoms with Gasteiger partial charge in [-0.2, -0.15) is 0 Å². The molecule has 2 aromatic rings. The maximum absolute atomic E-state index is 11.7. The zero-order valence-corrected chi connectivity index (χ0v) is 17.4. The molecule has 0 fully saturated rings. The van der Waals surface area contributed by atoms with Crippen molar-refractivity contribution < 1.29 is 43.1 Å². The summed E-state index contributed by atoms with van der Waals surface area (Å²) in [5.41, 5.74) is 0.904. The van der Waals surface area contributed by atoms with E-state index >= 15 is 0 Å². The number of aliphatic hydroxyl groups is 1. The third-order valence-electron chi connectivity index (χ3n) is 3.37. The van der Waals surface area contributed by atoms with E-state index in [1.54, 1.807) is 12.1 Å². The summed E-state index contributed by atoms with van der Waals surface area (Å²) in [6.45, 7) is 3.59. The van der Waals surface area contributed by atoms with Crippen molar-refractivity contribution in [1.82, 2.24) is 9.97 Å². The SMILES string of the molecule is CC(C)(CO)c1ccc(S([NH-])(=O)=O)c(-c2ncncc2Br)c1.[Na+]. The molecule has 0 saturated carbocycles. The fourth-order valence-corrected chi connectivity index (χ4v) is 3.10. The maximum Gasteiger partial charge on any atom is 1.00 e. The molecule has 1 heterocycles. The van der Waals surface area contributed by atoms with Crippen molar-refractivity contribution in [1.29, 1.82) is 0 Å². The molecule has 118 valence electrons. The fraction of sp³-hybridized carbons (Fsp3) is 0.286. The summed E-state index contributed by atoms with van der Waals surface area (Å²) in [7, 11) is -4.16. The minimum absolute atomic E-state index is 0. The van der Waals surface area contributed by atoms with Crippen molar-refractivity contribution in [2.24, 2.45) is 0 Å². The van der Waals surface area contributed by atoms with E-state index in [0.717, 1.165) is 5.56 Å². The van der Waals surface area contributed by atoms with Crippen LogP contribution in [0.3, 0.4) is 0 Å². The number of nitrogens with one attached hydrogen (secondary N) is 1. The summed E-state index contributed by atoms with van der Waals surface area (Å²) < 4.78 is 24.0. The number of halogens is 1. The van der Waals surface area contributed by atoms with E-state index in [4.69, 9.17) is 5.14 Å². The van der Waals surface area contributed by atoms with Crippen molar-refractivity contribution in [3.05, 3.63) is 45.9 Å². The molecule has 0 amide bonds. The van der Waals surface area contributed by atoms with Gasteiger partial charge in [0, 0.05) is 17.2 Å². The van der Waals surface area contributed by atoms with Gasteiger partial charge in [-0.15, -0.1) is 0 Å². The predicted molar refractivity (Wildman–Crippen MR) is 86.8 cm³/mol. The number of sulfonamides is 1. The molecular formula is C14H15BrN3NaO3S. The Morgan fingerprint density at radius 3 is 2.52 bits per heavy atom. The van der Waals surface area contributed by atoms with E-state index in [0.29, 0.717) is 15.7 Å². The molecule has 0 unspecified atom stereocenters. The summed E-state index contributed by atoms with van der Waals surface area (Å²) in [6, 6.07) is 4.62. The van der Waals surface area contributed by atoms with Gasteiger partial charge in [0.2, 0.25) is 0 Å². The zero-order valence-electron chi connectivity index (χ0n) is 13.0. The van der Waals surface area contributed by atoms with Crippen LogP contribution in [0.1, 0.15) is 19.4 Å². The molecule has 9 heteroatoms. The number of aliphatic hydroxyl groups excluding tert-OH is 1. The molecule has 0 bridgehead atoms. The molecule has 2 rings (SSSR count). The van der Waals surface area contributed by atoms with Crippen LogP contribution in [0.5, 0.6) is 0 Å². The number of nitrogens with zero attached hydrogens (tertiary/aromatic N) is 2. The molecule has 0 aliphatic carbocycles. The molecule has 0 saturated heterocycles. The minimum atomic E-state index is -4.16. The van der Waals surface area contributed by atoms with Crippen molar-refractivity contribution in [3.63, 3.8) is 0 Å². The van der Waals surface area contributed by atoms with Crippen molar-refractivity contribution in [3.8, 4) is 11.3 Å². The Bertz CT molecular complexity index is 813.